The van der Waals surface area contributed by atoms with Crippen molar-refractivity contribution in [2.75, 3.05) is 9.80 Å². The van der Waals surface area contributed by atoms with Crippen molar-refractivity contribution in [1.82, 2.24) is 0 Å². The highest BCUT2D eigenvalue weighted by Gasteiger charge is 2.48. The maximum absolute atomic E-state index is 7.38. The van der Waals surface area contributed by atoms with Crippen LogP contribution >= 0.6 is 0 Å². The Kier molecular flexibility index (Phi) is 10.1. The Morgan fingerprint density at radius 1 is 0.651 bits per heavy atom. The lowest BCUT2D eigenvalue weighted by Crippen LogP contribution is -2.61. The van der Waals surface area contributed by atoms with Crippen molar-refractivity contribution in [2.24, 2.45) is 0 Å². The summed E-state index contributed by atoms with van der Waals surface area (Å²) in [7, 11) is 0. The molecule has 0 N–H and O–H groups in total. The molecule has 63 heavy (non-hydrogen) atoms. The molecule has 0 fully saturated rings. The van der Waals surface area contributed by atoms with E-state index >= 15 is 0 Å². The quantitative estimate of drug-likeness (QED) is 0.149. The number of rotatable bonds is 7. The predicted octanol–water partition coefficient (Wildman–Crippen LogP) is 15.1. The number of furan rings is 1. The van der Waals surface area contributed by atoms with Crippen molar-refractivity contribution in [3.05, 3.63) is 123 Å². The molecule has 0 spiro atoms. The molecule has 6 aromatic rings. The van der Waals surface area contributed by atoms with Crippen LogP contribution < -0.4 is 26.4 Å². The first-order valence-corrected chi connectivity index (χ1v) is 24.2. The van der Waals surface area contributed by atoms with Crippen LogP contribution in [0.1, 0.15) is 174 Å². The van der Waals surface area contributed by atoms with Crippen molar-refractivity contribution in [3.8, 4) is 0 Å². The summed E-state index contributed by atoms with van der Waals surface area (Å²) in [4.78, 5) is 5.23. The van der Waals surface area contributed by atoms with Gasteiger partial charge in [0.15, 0.2) is 0 Å². The van der Waals surface area contributed by atoms with Crippen LogP contribution in [0.15, 0.2) is 83.3 Å². The van der Waals surface area contributed by atoms with E-state index in [2.05, 4.69) is 199 Å². The van der Waals surface area contributed by atoms with Crippen molar-refractivity contribution < 1.29 is 4.42 Å². The van der Waals surface area contributed by atoms with Crippen LogP contribution in [0.25, 0.3) is 11.0 Å². The molecule has 4 heteroatoms. The Labute approximate surface area is 380 Å². The molecule has 0 saturated carbocycles. The fourth-order valence-electron chi connectivity index (χ4n) is 11.5. The van der Waals surface area contributed by atoms with Crippen molar-refractivity contribution >= 4 is 68.4 Å². The number of hydrogen-bond donors (Lipinski definition) is 0. The van der Waals surface area contributed by atoms with Crippen LogP contribution in [0.3, 0.4) is 0 Å². The molecule has 3 heterocycles. The highest BCUT2D eigenvalue weighted by Crippen LogP contribution is 2.52. The van der Waals surface area contributed by atoms with Crippen LogP contribution in [-0.2, 0) is 33.5 Å². The van der Waals surface area contributed by atoms with Gasteiger partial charge in [0.05, 0.1) is 11.3 Å². The van der Waals surface area contributed by atoms with Gasteiger partial charge in [-0.1, -0.05) is 140 Å². The van der Waals surface area contributed by atoms with Crippen molar-refractivity contribution in [3.63, 3.8) is 0 Å². The van der Waals surface area contributed by atoms with Gasteiger partial charge in [0.25, 0.3) is 6.71 Å². The fourth-order valence-corrected chi connectivity index (χ4v) is 11.5. The van der Waals surface area contributed by atoms with Crippen molar-refractivity contribution in [2.45, 2.75) is 176 Å². The maximum atomic E-state index is 7.38. The molecule has 3 aliphatic rings. The van der Waals surface area contributed by atoms with Gasteiger partial charge in [-0.25, -0.2) is 0 Å². The van der Waals surface area contributed by atoms with Gasteiger partial charge in [-0.3, -0.25) is 0 Å². The summed E-state index contributed by atoms with van der Waals surface area (Å²) in [5.74, 6) is 0. The lowest BCUT2D eigenvalue weighted by atomic mass is 9.35. The Hall–Kier alpha value is -4.70. The van der Waals surface area contributed by atoms with E-state index in [4.69, 9.17) is 4.42 Å². The highest BCUT2D eigenvalue weighted by molar-refractivity contribution is 7.00. The third kappa shape index (κ3) is 6.99. The summed E-state index contributed by atoms with van der Waals surface area (Å²) < 4.78 is 7.38. The Morgan fingerprint density at radius 2 is 1.27 bits per heavy atom. The molecule has 1 aliphatic carbocycles. The zero-order valence-corrected chi connectivity index (χ0v) is 41.6. The minimum atomic E-state index is -0.0907. The van der Waals surface area contributed by atoms with Gasteiger partial charge in [-0.15, -0.1) is 0 Å². The van der Waals surface area contributed by atoms with Crippen LogP contribution in [0.5, 0.6) is 0 Å². The van der Waals surface area contributed by atoms with Crippen LogP contribution in [0.4, 0.5) is 34.1 Å². The summed E-state index contributed by atoms with van der Waals surface area (Å²) in [5.41, 5.74) is 23.4. The van der Waals surface area contributed by atoms with Crippen LogP contribution in [0, 0.1) is 13.8 Å². The third-order valence-electron chi connectivity index (χ3n) is 15.6. The van der Waals surface area contributed by atoms with E-state index < -0.39 is 0 Å². The van der Waals surface area contributed by atoms with Gasteiger partial charge >= 0.3 is 0 Å². The molecule has 0 atom stereocenters. The Balaban J connectivity index is 1.39. The minimum absolute atomic E-state index is 0.0172. The number of hydrogen-bond acceptors (Lipinski definition) is 3. The smallest absolute Gasteiger partial charge is 0.297 e. The largest absolute Gasteiger partial charge is 0.468 e. The summed E-state index contributed by atoms with van der Waals surface area (Å²) in [6.45, 7) is 37.9. The van der Waals surface area contributed by atoms with E-state index in [0.717, 1.165) is 17.7 Å². The first-order chi connectivity index (χ1) is 29.5. The molecule has 0 unspecified atom stereocenters. The summed E-state index contributed by atoms with van der Waals surface area (Å²) in [6, 6.07) is 31.7. The molecule has 1 aromatic heterocycles. The van der Waals surface area contributed by atoms with Crippen LogP contribution in [-0.4, -0.2) is 6.71 Å². The standard InChI is InChI=1S/C59H73BN2O/c1-17-19-26-57(11,12)43-23-22-41(32-38(43)18-2)61-49-29-36(3)30-50-52(49)60(54-53(61)42-33-39(55(5,6)7)21-25-51(42)63-54)46-34-40(56(8,9)10)20-24-47(46)62(50)48-35-45-44(31-37(48)4)58(13,14)27-28-59(45,15)16/h20-25,29-35H,17-19,26-28H2,1-16H3. The molecule has 0 saturated heterocycles. The third-order valence-corrected chi connectivity index (χ3v) is 15.6. The second-order valence-corrected chi connectivity index (χ2v) is 23.8. The lowest BCUT2D eigenvalue weighted by molar-refractivity contribution is 0.332. The van der Waals surface area contributed by atoms with E-state index in [1.807, 2.05) is 0 Å². The Bertz CT molecular complexity index is 2800. The van der Waals surface area contributed by atoms with Crippen LogP contribution in [0.2, 0.25) is 0 Å². The molecular formula is C59H73BN2O. The average molecular weight is 837 g/mol. The van der Waals surface area contributed by atoms with E-state index in [0.29, 0.717) is 0 Å². The number of nitrogens with zero attached hydrogens (tertiary/aromatic N) is 2. The molecule has 9 rings (SSSR count). The Morgan fingerprint density at radius 3 is 1.90 bits per heavy atom. The van der Waals surface area contributed by atoms with Gasteiger partial charge in [0.2, 0.25) is 0 Å². The number of fused-ring (bicyclic) bond motifs is 7. The molecule has 3 nitrogen and oxygen atoms in total. The second kappa shape index (κ2) is 14.7. The van der Waals surface area contributed by atoms with Crippen molar-refractivity contribution in [1.29, 1.82) is 0 Å². The van der Waals surface area contributed by atoms with E-state index in [1.165, 1.54) is 127 Å². The lowest BCUT2D eigenvalue weighted by Gasteiger charge is -2.45. The number of benzene rings is 5. The number of anilines is 6. The molecule has 0 amide bonds. The minimum Gasteiger partial charge on any atom is -0.468 e. The SMILES string of the molecule is CCCCC(C)(C)c1ccc(N2c3cc(C)cc4c3B(c3cc(C(C)(C)C)ccc3N4c3cc4c(cc3C)C(C)(C)CCC4(C)C)c3oc4ccc(C(C)(C)C)cc4c32)cc1CC. The van der Waals surface area contributed by atoms with Gasteiger partial charge in [-0.2, -0.15) is 0 Å². The van der Waals surface area contributed by atoms with E-state index in [1.54, 1.807) is 0 Å². The second-order valence-electron chi connectivity index (χ2n) is 23.8. The molecule has 0 radical (unpaired) electrons. The topological polar surface area (TPSA) is 19.6 Å². The normalized spacial score (nSPS) is 16.5. The van der Waals surface area contributed by atoms with Gasteiger partial charge in [0.1, 0.15) is 5.58 Å². The van der Waals surface area contributed by atoms with Gasteiger partial charge in [-0.05, 0) is 171 Å². The first kappa shape index (κ1) is 43.6. The molecule has 2 aliphatic heterocycles. The zero-order valence-electron chi connectivity index (χ0n) is 41.6. The summed E-state index contributed by atoms with van der Waals surface area (Å²) >= 11 is 0. The maximum Gasteiger partial charge on any atom is 0.297 e. The number of unbranched alkanes of at least 4 members (excludes halogenated alkanes) is 1. The zero-order chi connectivity index (χ0) is 45.3. The monoisotopic (exact) mass is 837 g/mol. The predicted molar refractivity (Wildman–Crippen MR) is 274 cm³/mol. The first-order valence-electron chi connectivity index (χ1n) is 24.2. The molecule has 0 bridgehead atoms. The summed E-state index contributed by atoms with van der Waals surface area (Å²) in [6.07, 6.45) is 6.98. The van der Waals surface area contributed by atoms with Gasteiger partial charge < -0.3 is 14.2 Å². The molecular weight excluding hydrogens is 763 g/mol. The average Bonchev–Trinajstić information content (AvgIpc) is 3.59. The number of aryl methyl sites for hydroxylation is 3. The molecule has 5 aromatic carbocycles. The fraction of sp³-hybridized carbons (Fsp3) is 0.458. The summed E-state index contributed by atoms with van der Waals surface area (Å²) in [5, 5.41) is 1.18. The highest BCUT2D eigenvalue weighted by atomic mass is 16.3. The van der Waals surface area contributed by atoms with Gasteiger partial charge in [0, 0.05) is 33.8 Å². The van der Waals surface area contributed by atoms with E-state index in [-0.39, 0.29) is 33.8 Å². The van der Waals surface area contributed by atoms with E-state index in [9.17, 15) is 0 Å². The molecule has 328 valence electrons.